The molecule has 0 aliphatic heterocycles. The van der Waals surface area contributed by atoms with Crippen LogP contribution in [0.1, 0.15) is 35.5 Å². The van der Waals surface area contributed by atoms with E-state index in [9.17, 15) is 18.8 Å². The lowest BCUT2D eigenvalue weighted by Crippen LogP contribution is -2.45. The van der Waals surface area contributed by atoms with E-state index in [-0.39, 0.29) is 42.3 Å². The molecule has 31 heavy (non-hydrogen) atoms. The standard InChI is InChI=1S/C23H20BrFO6/c1-3-29-21(27)23(24,22(28)30-4-2)13-18-19(20(26)14-8-6-5-7-9-14)16-11-10-15(25)12-17(16)31-18/h5-12H,3-4,13H2,1-2H3. The van der Waals surface area contributed by atoms with E-state index in [0.717, 1.165) is 6.07 Å². The fraction of sp³-hybridized carbons (Fsp3) is 0.261. The lowest BCUT2D eigenvalue weighted by atomic mass is 9.95. The Labute approximate surface area is 186 Å². The molecule has 0 aliphatic rings. The predicted molar refractivity (Wildman–Crippen MR) is 115 cm³/mol. The van der Waals surface area contributed by atoms with Gasteiger partial charge in [-0.2, -0.15) is 0 Å². The van der Waals surface area contributed by atoms with E-state index in [4.69, 9.17) is 13.9 Å². The first-order chi connectivity index (χ1) is 14.8. The molecule has 0 radical (unpaired) electrons. The van der Waals surface area contributed by atoms with Crippen LogP contribution in [-0.2, 0) is 25.5 Å². The van der Waals surface area contributed by atoms with Crippen molar-refractivity contribution in [2.75, 3.05) is 13.2 Å². The summed E-state index contributed by atoms with van der Waals surface area (Å²) >= 11 is 3.17. The fourth-order valence-corrected chi connectivity index (χ4v) is 3.65. The van der Waals surface area contributed by atoms with Gasteiger partial charge in [-0.1, -0.05) is 46.3 Å². The monoisotopic (exact) mass is 490 g/mol. The highest BCUT2D eigenvalue weighted by molar-refractivity contribution is 9.10. The van der Waals surface area contributed by atoms with Gasteiger partial charge in [0.1, 0.15) is 17.2 Å². The molecule has 0 fully saturated rings. The summed E-state index contributed by atoms with van der Waals surface area (Å²) in [5, 5.41) is 0.368. The van der Waals surface area contributed by atoms with Crippen molar-refractivity contribution in [3.05, 3.63) is 71.2 Å². The molecule has 0 amide bonds. The van der Waals surface area contributed by atoms with Gasteiger partial charge < -0.3 is 13.9 Å². The molecule has 0 spiro atoms. The zero-order valence-electron chi connectivity index (χ0n) is 16.9. The SMILES string of the molecule is CCOC(=O)C(Br)(Cc1oc2cc(F)ccc2c1C(=O)c1ccccc1)C(=O)OCC. The number of ketones is 1. The number of hydrogen-bond acceptors (Lipinski definition) is 6. The second-order valence-corrected chi connectivity index (χ2v) is 8.01. The minimum absolute atomic E-state index is 0.0345. The summed E-state index contributed by atoms with van der Waals surface area (Å²) in [6.45, 7) is 3.27. The van der Waals surface area contributed by atoms with Crippen molar-refractivity contribution in [2.45, 2.75) is 24.6 Å². The van der Waals surface area contributed by atoms with Crippen molar-refractivity contribution in [2.24, 2.45) is 0 Å². The molecule has 6 nitrogen and oxygen atoms in total. The maximum atomic E-state index is 13.8. The molecule has 0 saturated heterocycles. The summed E-state index contributed by atoms with van der Waals surface area (Å²) < 4.78 is 27.7. The number of carbonyl (C=O) groups is 3. The van der Waals surface area contributed by atoms with E-state index in [1.807, 2.05) is 0 Å². The first-order valence-corrected chi connectivity index (χ1v) is 10.4. The number of halogens is 2. The summed E-state index contributed by atoms with van der Waals surface area (Å²) in [4.78, 5) is 38.6. The summed E-state index contributed by atoms with van der Waals surface area (Å²) in [6.07, 6.45) is -0.366. The van der Waals surface area contributed by atoms with Gasteiger partial charge in [0, 0.05) is 23.4 Å². The van der Waals surface area contributed by atoms with Crippen LogP contribution < -0.4 is 0 Å². The fourth-order valence-electron chi connectivity index (χ4n) is 3.17. The number of benzene rings is 2. The third-order valence-corrected chi connectivity index (χ3v) is 5.52. The highest BCUT2D eigenvalue weighted by Gasteiger charge is 2.48. The summed E-state index contributed by atoms with van der Waals surface area (Å²) in [7, 11) is 0. The van der Waals surface area contributed by atoms with Crippen molar-refractivity contribution in [1.29, 1.82) is 0 Å². The van der Waals surface area contributed by atoms with Gasteiger partial charge in [0.25, 0.3) is 0 Å². The highest BCUT2D eigenvalue weighted by atomic mass is 79.9. The summed E-state index contributed by atoms with van der Waals surface area (Å²) in [5.41, 5.74) is 0.638. The molecular formula is C23H20BrFO6. The molecular weight excluding hydrogens is 471 g/mol. The second-order valence-electron chi connectivity index (χ2n) is 6.65. The Morgan fingerprint density at radius 3 is 2.19 bits per heavy atom. The predicted octanol–water partition coefficient (Wildman–Crippen LogP) is 4.61. The quantitative estimate of drug-likeness (QED) is 0.198. The van der Waals surface area contributed by atoms with Gasteiger partial charge >= 0.3 is 11.9 Å². The van der Waals surface area contributed by atoms with Crippen molar-refractivity contribution in [3.8, 4) is 0 Å². The molecule has 1 aromatic heterocycles. The zero-order chi connectivity index (χ0) is 22.6. The Kier molecular flexibility index (Phi) is 6.90. The molecule has 162 valence electrons. The van der Waals surface area contributed by atoms with E-state index >= 15 is 0 Å². The van der Waals surface area contributed by atoms with E-state index in [1.54, 1.807) is 44.2 Å². The molecule has 0 bridgehead atoms. The number of alkyl halides is 1. The molecule has 3 aromatic rings. The summed E-state index contributed by atoms with van der Waals surface area (Å²) in [6, 6.07) is 12.2. The van der Waals surface area contributed by atoms with E-state index < -0.39 is 22.1 Å². The number of esters is 2. The normalized spacial score (nSPS) is 11.4. The van der Waals surface area contributed by atoms with E-state index in [0.29, 0.717) is 10.9 Å². The van der Waals surface area contributed by atoms with Crippen LogP contribution in [0.15, 0.2) is 52.9 Å². The maximum Gasteiger partial charge on any atom is 0.334 e. The number of hydrogen-bond donors (Lipinski definition) is 0. The van der Waals surface area contributed by atoms with E-state index in [2.05, 4.69) is 15.9 Å². The van der Waals surface area contributed by atoms with Gasteiger partial charge in [0.05, 0.1) is 18.8 Å². The lowest BCUT2D eigenvalue weighted by molar-refractivity contribution is -0.158. The minimum atomic E-state index is -1.93. The third-order valence-electron chi connectivity index (χ3n) is 4.59. The topological polar surface area (TPSA) is 82.8 Å². The van der Waals surface area contributed by atoms with Gasteiger partial charge in [-0.25, -0.2) is 14.0 Å². The molecule has 1 heterocycles. The van der Waals surface area contributed by atoms with Crippen LogP contribution in [0.25, 0.3) is 11.0 Å². The van der Waals surface area contributed by atoms with Crippen molar-refractivity contribution >= 4 is 44.6 Å². The maximum absolute atomic E-state index is 13.8. The van der Waals surface area contributed by atoms with Crippen LogP contribution in [0.2, 0.25) is 0 Å². The van der Waals surface area contributed by atoms with Crippen LogP contribution in [0.5, 0.6) is 0 Å². The third kappa shape index (κ3) is 4.54. The Hall–Kier alpha value is -3.00. The van der Waals surface area contributed by atoms with Crippen LogP contribution in [0.3, 0.4) is 0 Å². The van der Waals surface area contributed by atoms with Gasteiger partial charge in [0.15, 0.2) is 5.78 Å². The number of fused-ring (bicyclic) bond motifs is 1. The number of rotatable bonds is 8. The van der Waals surface area contributed by atoms with Crippen molar-refractivity contribution in [1.82, 2.24) is 0 Å². The lowest BCUT2D eigenvalue weighted by Gasteiger charge is -2.22. The minimum Gasteiger partial charge on any atom is -0.464 e. The van der Waals surface area contributed by atoms with Gasteiger partial charge in [-0.05, 0) is 26.0 Å². The molecule has 0 N–H and O–H groups in total. The second kappa shape index (κ2) is 9.43. The Morgan fingerprint density at radius 1 is 1.00 bits per heavy atom. The van der Waals surface area contributed by atoms with Crippen molar-refractivity contribution < 1.29 is 32.7 Å². The average molecular weight is 491 g/mol. The number of ether oxygens (including phenoxy) is 2. The number of carbonyl (C=O) groups excluding carboxylic acids is 3. The Bertz CT molecular complexity index is 1100. The number of furan rings is 1. The molecule has 0 unspecified atom stereocenters. The first-order valence-electron chi connectivity index (χ1n) is 9.65. The van der Waals surface area contributed by atoms with Crippen molar-refractivity contribution in [3.63, 3.8) is 0 Å². The van der Waals surface area contributed by atoms with Crippen LogP contribution in [-0.4, -0.2) is 35.3 Å². The Morgan fingerprint density at radius 2 is 1.61 bits per heavy atom. The summed E-state index contributed by atoms with van der Waals surface area (Å²) in [5.74, 6) is -2.65. The van der Waals surface area contributed by atoms with Gasteiger partial charge in [0.2, 0.25) is 4.32 Å². The van der Waals surface area contributed by atoms with Gasteiger partial charge in [-0.15, -0.1) is 0 Å². The highest BCUT2D eigenvalue weighted by Crippen LogP contribution is 2.35. The molecule has 2 aromatic carbocycles. The van der Waals surface area contributed by atoms with Crippen LogP contribution in [0.4, 0.5) is 4.39 Å². The Balaban J connectivity index is 2.17. The smallest absolute Gasteiger partial charge is 0.334 e. The zero-order valence-corrected chi connectivity index (χ0v) is 18.5. The largest absolute Gasteiger partial charge is 0.464 e. The first kappa shape index (κ1) is 22.7. The van der Waals surface area contributed by atoms with Gasteiger partial charge in [-0.3, -0.25) is 4.79 Å². The van der Waals surface area contributed by atoms with E-state index in [1.165, 1.54) is 12.1 Å². The molecule has 3 rings (SSSR count). The average Bonchev–Trinajstić information content (AvgIpc) is 3.10. The molecule has 0 saturated carbocycles. The molecule has 8 heteroatoms. The van der Waals surface area contributed by atoms with Crippen LogP contribution >= 0.6 is 15.9 Å². The van der Waals surface area contributed by atoms with Crippen LogP contribution in [0, 0.1) is 5.82 Å². The molecule has 0 atom stereocenters. The molecule has 0 aliphatic carbocycles.